The summed E-state index contributed by atoms with van der Waals surface area (Å²) < 4.78 is 5.75. The molecule has 0 spiro atoms. The third-order valence-electron chi connectivity index (χ3n) is 2.97. The highest BCUT2D eigenvalue weighted by Gasteiger charge is 2.13. The summed E-state index contributed by atoms with van der Waals surface area (Å²) in [6.07, 6.45) is 7.71. The van der Waals surface area contributed by atoms with Crippen molar-refractivity contribution >= 4 is 0 Å². The third-order valence-corrected chi connectivity index (χ3v) is 2.97. The molecule has 0 amide bonds. The molecule has 0 radical (unpaired) electrons. The highest BCUT2D eigenvalue weighted by molar-refractivity contribution is 5.36. The first-order valence-corrected chi connectivity index (χ1v) is 5.78. The molecule has 1 N–H and O–H groups in total. The maximum absolute atomic E-state index is 5.75. The molecule has 84 valence electrons. The molecule has 1 aromatic rings. The van der Waals surface area contributed by atoms with Crippen LogP contribution in [0.4, 0.5) is 0 Å². The van der Waals surface area contributed by atoms with Gasteiger partial charge < -0.3 is 10.1 Å². The van der Waals surface area contributed by atoms with Gasteiger partial charge in [-0.2, -0.15) is 0 Å². The monoisotopic (exact) mass is 215 g/mol. The van der Waals surface area contributed by atoms with E-state index in [1.54, 1.807) is 0 Å². The van der Waals surface area contributed by atoms with Gasteiger partial charge in [-0.15, -0.1) is 6.42 Å². The molecule has 0 bridgehead atoms. The van der Waals surface area contributed by atoms with Crippen molar-refractivity contribution in [1.29, 1.82) is 0 Å². The van der Waals surface area contributed by atoms with Crippen LogP contribution in [0.3, 0.4) is 0 Å². The van der Waals surface area contributed by atoms with Crippen molar-refractivity contribution in [3.8, 4) is 18.1 Å². The first-order valence-electron chi connectivity index (χ1n) is 5.78. The van der Waals surface area contributed by atoms with E-state index in [9.17, 15) is 0 Å². The van der Waals surface area contributed by atoms with Gasteiger partial charge >= 0.3 is 0 Å². The normalized spacial score (nSPS) is 16.7. The molecular weight excluding hydrogens is 198 g/mol. The summed E-state index contributed by atoms with van der Waals surface area (Å²) in [6, 6.07) is 7.71. The van der Waals surface area contributed by atoms with Gasteiger partial charge in [-0.3, -0.25) is 0 Å². The zero-order valence-corrected chi connectivity index (χ0v) is 9.41. The van der Waals surface area contributed by atoms with E-state index in [2.05, 4.69) is 11.2 Å². The van der Waals surface area contributed by atoms with Crippen molar-refractivity contribution in [2.24, 2.45) is 5.92 Å². The molecule has 0 aromatic heterocycles. The Kier molecular flexibility index (Phi) is 3.85. The molecule has 16 heavy (non-hydrogen) atoms. The number of hydrogen-bond acceptors (Lipinski definition) is 2. The Labute approximate surface area is 97.0 Å². The minimum Gasteiger partial charge on any atom is -0.493 e. The zero-order valence-electron chi connectivity index (χ0n) is 9.41. The van der Waals surface area contributed by atoms with Gasteiger partial charge in [-0.25, -0.2) is 0 Å². The molecule has 1 heterocycles. The predicted octanol–water partition coefficient (Wildman–Crippen LogP) is 2.05. The van der Waals surface area contributed by atoms with E-state index in [0.717, 1.165) is 31.0 Å². The summed E-state index contributed by atoms with van der Waals surface area (Å²) in [7, 11) is 0. The Balaban J connectivity index is 1.82. The van der Waals surface area contributed by atoms with E-state index in [-0.39, 0.29) is 0 Å². The lowest BCUT2D eigenvalue weighted by molar-refractivity contribution is 0.215. The van der Waals surface area contributed by atoms with Gasteiger partial charge in [-0.1, -0.05) is 5.92 Å². The summed E-state index contributed by atoms with van der Waals surface area (Å²) in [6.45, 7) is 3.05. The van der Waals surface area contributed by atoms with Crippen molar-refractivity contribution < 1.29 is 4.74 Å². The van der Waals surface area contributed by atoms with Crippen LogP contribution in [0.25, 0.3) is 0 Å². The van der Waals surface area contributed by atoms with Crippen LogP contribution in [0.2, 0.25) is 0 Å². The number of hydrogen-bond donors (Lipinski definition) is 1. The van der Waals surface area contributed by atoms with Crippen molar-refractivity contribution in [2.75, 3.05) is 19.7 Å². The average Bonchev–Trinajstić information content (AvgIpc) is 2.38. The Morgan fingerprint density at radius 2 is 1.94 bits per heavy atom. The summed E-state index contributed by atoms with van der Waals surface area (Å²) in [5.41, 5.74) is 0.897. The molecule has 1 saturated heterocycles. The molecule has 2 heteroatoms. The second-order valence-electron chi connectivity index (χ2n) is 4.17. The minimum absolute atomic E-state index is 0.688. The highest BCUT2D eigenvalue weighted by atomic mass is 16.5. The SMILES string of the molecule is C#Cc1ccc(OCC2CCNCC2)cc1. The van der Waals surface area contributed by atoms with E-state index < -0.39 is 0 Å². The van der Waals surface area contributed by atoms with Gasteiger partial charge in [0.2, 0.25) is 0 Å². The van der Waals surface area contributed by atoms with Crippen LogP contribution < -0.4 is 10.1 Å². The van der Waals surface area contributed by atoms with E-state index in [1.165, 1.54) is 12.8 Å². The van der Waals surface area contributed by atoms with Gasteiger partial charge in [0, 0.05) is 5.56 Å². The number of benzene rings is 1. The molecule has 1 aliphatic rings. The van der Waals surface area contributed by atoms with Crippen LogP contribution in [0.15, 0.2) is 24.3 Å². The standard InChI is InChI=1S/C14H17NO/c1-2-12-3-5-14(6-4-12)16-11-13-7-9-15-10-8-13/h1,3-6,13,15H,7-11H2. The second kappa shape index (κ2) is 5.58. The Morgan fingerprint density at radius 3 is 2.56 bits per heavy atom. The predicted molar refractivity (Wildman–Crippen MR) is 65.5 cm³/mol. The smallest absolute Gasteiger partial charge is 0.119 e. The summed E-state index contributed by atoms with van der Waals surface area (Å²) >= 11 is 0. The third kappa shape index (κ3) is 3.01. The Bertz CT molecular complexity index is 357. The highest BCUT2D eigenvalue weighted by Crippen LogP contribution is 2.16. The fourth-order valence-corrected chi connectivity index (χ4v) is 1.91. The molecule has 2 nitrogen and oxygen atoms in total. The molecule has 0 aliphatic carbocycles. The van der Waals surface area contributed by atoms with Gasteiger partial charge in [0.05, 0.1) is 6.61 Å². The lowest BCUT2D eigenvalue weighted by atomic mass is 9.99. The summed E-state index contributed by atoms with van der Waals surface area (Å²) in [4.78, 5) is 0. The van der Waals surface area contributed by atoms with Gasteiger partial charge in [0.25, 0.3) is 0 Å². The maximum atomic E-state index is 5.75. The molecule has 1 aromatic carbocycles. The molecular formula is C14H17NO. The van der Waals surface area contributed by atoms with Crippen LogP contribution in [0.1, 0.15) is 18.4 Å². The largest absolute Gasteiger partial charge is 0.493 e. The topological polar surface area (TPSA) is 21.3 Å². The number of nitrogens with one attached hydrogen (secondary N) is 1. The van der Waals surface area contributed by atoms with Gasteiger partial charge in [0.1, 0.15) is 5.75 Å². The summed E-state index contributed by atoms with van der Waals surface area (Å²) in [5, 5.41) is 3.35. The van der Waals surface area contributed by atoms with Crippen molar-refractivity contribution in [2.45, 2.75) is 12.8 Å². The number of piperidine rings is 1. The molecule has 2 rings (SSSR count). The fourth-order valence-electron chi connectivity index (χ4n) is 1.91. The maximum Gasteiger partial charge on any atom is 0.119 e. The van der Waals surface area contributed by atoms with E-state index in [4.69, 9.17) is 11.2 Å². The van der Waals surface area contributed by atoms with Crippen LogP contribution in [-0.4, -0.2) is 19.7 Å². The minimum atomic E-state index is 0.688. The Morgan fingerprint density at radius 1 is 1.25 bits per heavy atom. The van der Waals surface area contributed by atoms with E-state index in [0.29, 0.717) is 5.92 Å². The van der Waals surface area contributed by atoms with Crippen molar-refractivity contribution in [3.05, 3.63) is 29.8 Å². The average molecular weight is 215 g/mol. The number of rotatable bonds is 3. The van der Waals surface area contributed by atoms with Gasteiger partial charge in [0.15, 0.2) is 0 Å². The number of terminal acetylenes is 1. The lowest BCUT2D eigenvalue weighted by Crippen LogP contribution is -2.30. The van der Waals surface area contributed by atoms with Crippen LogP contribution in [0, 0.1) is 18.3 Å². The van der Waals surface area contributed by atoms with E-state index >= 15 is 0 Å². The van der Waals surface area contributed by atoms with Crippen molar-refractivity contribution in [3.63, 3.8) is 0 Å². The molecule has 0 unspecified atom stereocenters. The first kappa shape index (κ1) is 11.0. The fraction of sp³-hybridized carbons (Fsp3) is 0.429. The molecule has 0 saturated carbocycles. The Hall–Kier alpha value is -1.46. The lowest BCUT2D eigenvalue weighted by Gasteiger charge is -2.22. The summed E-state index contributed by atoms with van der Waals surface area (Å²) in [5.74, 6) is 4.20. The van der Waals surface area contributed by atoms with Crippen LogP contribution in [0.5, 0.6) is 5.75 Å². The van der Waals surface area contributed by atoms with Crippen LogP contribution >= 0.6 is 0 Å². The second-order valence-corrected chi connectivity index (χ2v) is 4.17. The number of ether oxygens (including phenoxy) is 1. The van der Waals surface area contributed by atoms with Crippen LogP contribution in [-0.2, 0) is 0 Å². The van der Waals surface area contributed by atoms with E-state index in [1.807, 2.05) is 24.3 Å². The zero-order chi connectivity index (χ0) is 11.2. The molecule has 1 fully saturated rings. The first-order chi connectivity index (χ1) is 7.88. The quantitative estimate of drug-likeness (QED) is 0.779. The van der Waals surface area contributed by atoms with Gasteiger partial charge in [-0.05, 0) is 56.1 Å². The molecule has 0 atom stereocenters. The van der Waals surface area contributed by atoms with Crippen molar-refractivity contribution in [1.82, 2.24) is 5.32 Å². The molecule has 1 aliphatic heterocycles.